The third-order valence-electron chi connectivity index (χ3n) is 5.46. The van der Waals surface area contributed by atoms with Gasteiger partial charge in [-0.1, -0.05) is 44.9 Å². The molecule has 1 fully saturated rings. The van der Waals surface area contributed by atoms with Gasteiger partial charge in [-0.2, -0.15) is 0 Å². The van der Waals surface area contributed by atoms with Crippen molar-refractivity contribution in [2.24, 2.45) is 17.8 Å². The molecule has 0 aromatic carbocycles. The zero-order chi connectivity index (χ0) is 17.4. The molecule has 3 heteroatoms. The Balaban J connectivity index is 2.32. The smallest absolute Gasteiger partial charge is 0.229 e. The summed E-state index contributed by atoms with van der Waals surface area (Å²) in [6, 6.07) is 0.642. The minimum Gasteiger partial charge on any atom is -0.345 e. The highest BCUT2D eigenvalue weighted by atomic mass is 16.2. The van der Waals surface area contributed by atoms with Crippen LogP contribution in [0, 0.1) is 17.8 Å². The summed E-state index contributed by atoms with van der Waals surface area (Å²) < 4.78 is 0. The monoisotopic (exact) mass is 320 g/mol. The lowest BCUT2D eigenvalue weighted by atomic mass is 9.78. The summed E-state index contributed by atoms with van der Waals surface area (Å²) in [5.74, 6) is 1.62. The predicted octanol–water partition coefficient (Wildman–Crippen LogP) is 4.02. The first kappa shape index (κ1) is 20.0. The maximum atomic E-state index is 12.5. The Morgan fingerprint density at radius 3 is 2.70 bits per heavy atom. The van der Waals surface area contributed by atoms with E-state index in [0.29, 0.717) is 12.5 Å². The fourth-order valence-corrected chi connectivity index (χ4v) is 3.53. The number of nitrogens with one attached hydrogen (secondary N) is 1. The molecule has 1 saturated carbocycles. The maximum Gasteiger partial charge on any atom is 0.229 e. The summed E-state index contributed by atoms with van der Waals surface area (Å²) in [6.07, 6.45) is 7.46. The topological polar surface area (TPSA) is 32.3 Å². The minimum atomic E-state index is -0.121. The van der Waals surface area contributed by atoms with Crippen molar-refractivity contribution in [2.45, 2.75) is 58.9 Å². The normalized spacial score (nSPS) is 25.7. The fourth-order valence-electron chi connectivity index (χ4n) is 3.53. The molecule has 0 heterocycles. The summed E-state index contributed by atoms with van der Waals surface area (Å²) in [7, 11) is 1.90. The van der Waals surface area contributed by atoms with Crippen molar-refractivity contribution in [1.82, 2.24) is 10.2 Å². The highest BCUT2D eigenvalue weighted by molar-refractivity contribution is 5.81. The minimum absolute atomic E-state index is 0.121. The average molecular weight is 321 g/mol. The SMILES string of the molecule is C=CCC(C(=C)C)C(=O)N(C)CCCNC1CCCC(C)C1C. The number of nitrogens with zero attached hydrogens (tertiary/aromatic N) is 1. The third kappa shape index (κ3) is 6.14. The molecule has 1 aliphatic carbocycles. The zero-order valence-corrected chi connectivity index (χ0v) is 15.6. The van der Waals surface area contributed by atoms with Gasteiger partial charge in [0.1, 0.15) is 0 Å². The van der Waals surface area contributed by atoms with E-state index in [0.717, 1.165) is 36.9 Å². The molecule has 1 amide bonds. The molecule has 0 aliphatic heterocycles. The molecule has 0 saturated heterocycles. The first-order valence-corrected chi connectivity index (χ1v) is 9.13. The van der Waals surface area contributed by atoms with Gasteiger partial charge in [-0.25, -0.2) is 0 Å². The van der Waals surface area contributed by atoms with E-state index in [1.807, 2.05) is 18.9 Å². The molecule has 0 aromatic heterocycles. The Morgan fingerprint density at radius 1 is 1.39 bits per heavy atom. The Hall–Kier alpha value is -1.09. The molecule has 3 nitrogen and oxygen atoms in total. The van der Waals surface area contributed by atoms with Crippen LogP contribution in [0.5, 0.6) is 0 Å². The molecule has 4 atom stereocenters. The number of carbonyl (C=O) groups excluding carboxylic acids is 1. The van der Waals surface area contributed by atoms with Crippen LogP contribution < -0.4 is 5.32 Å². The van der Waals surface area contributed by atoms with E-state index in [1.165, 1.54) is 19.3 Å². The van der Waals surface area contributed by atoms with Crippen molar-refractivity contribution in [3.05, 3.63) is 24.8 Å². The second kappa shape index (κ2) is 9.92. The first-order valence-electron chi connectivity index (χ1n) is 9.13. The van der Waals surface area contributed by atoms with Gasteiger partial charge in [0, 0.05) is 19.6 Å². The van der Waals surface area contributed by atoms with Gasteiger partial charge < -0.3 is 10.2 Å². The van der Waals surface area contributed by atoms with Gasteiger partial charge in [-0.15, -0.1) is 6.58 Å². The van der Waals surface area contributed by atoms with Gasteiger partial charge in [0.25, 0.3) is 0 Å². The van der Waals surface area contributed by atoms with Gasteiger partial charge in [0.15, 0.2) is 0 Å². The molecular weight excluding hydrogens is 284 g/mol. The van der Waals surface area contributed by atoms with Gasteiger partial charge >= 0.3 is 0 Å². The van der Waals surface area contributed by atoms with Crippen LogP contribution in [0.3, 0.4) is 0 Å². The Labute approximate surface area is 143 Å². The molecule has 0 spiro atoms. The van der Waals surface area contributed by atoms with E-state index in [9.17, 15) is 4.79 Å². The molecule has 23 heavy (non-hydrogen) atoms. The summed E-state index contributed by atoms with van der Waals surface area (Å²) >= 11 is 0. The number of rotatable bonds is 9. The van der Waals surface area contributed by atoms with Crippen LogP contribution in [-0.2, 0) is 4.79 Å². The zero-order valence-electron chi connectivity index (χ0n) is 15.6. The molecule has 0 radical (unpaired) electrons. The molecular formula is C20H36N2O. The van der Waals surface area contributed by atoms with Gasteiger partial charge in [0.05, 0.1) is 5.92 Å². The number of allylic oxidation sites excluding steroid dienone is 1. The predicted molar refractivity (Wildman–Crippen MR) is 99.3 cm³/mol. The standard InChI is InChI=1S/C20H36N2O/c1-7-10-18(15(2)3)20(23)22(6)14-9-13-21-19-12-8-11-16(4)17(19)5/h7,16-19,21H,1-2,8-14H2,3-6H3. The van der Waals surface area contributed by atoms with Crippen LogP contribution in [0.25, 0.3) is 0 Å². The second-order valence-corrected chi connectivity index (χ2v) is 7.36. The van der Waals surface area contributed by atoms with Crippen molar-refractivity contribution < 1.29 is 4.79 Å². The molecule has 1 N–H and O–H groups in total. The highest BCUT2D eigenvalue weighted by Gasteiger charge is 2.26. The van der Waals surface area contributed by atoms with Gasteiger partial charge in [-0.3, -0.25) is 4.79 Å². The number of hydrogen-bond donors (Lipinski definition) is 1. The molecule has 1 rings (SSSR count). The molecule has 0 aromatic rings. The Bertz CT molecular complexity index is 404. The summed E-state index contributed by atoms with van der Waals surface area (Å²) in [6.45, 7) is 16.1. The highest BCUT2D eigenvalue weighted by Crippen LogP contribution is 2.29. The average Bonchev–Trinajstić information content (AvgIpc) is 2.51. The van der Waals surface area contributed by atoms with E-state index < -0.39 is 0 Å². The van der Waals surface area contributed by atoms with Gasteiger partial charge in [-0.05, 0) is 44.6 Å². The fraction of sp³-hybridized carbons (Fsp3) is 0.750. The number of carbonyl (C=O) groups is 1. The lowest BCUT2D eigenvalue weighted by Gasteiger charge is -2.35. The van der Waals surface area contributed by atoms with Crippen molar-refractivity contribution in [3.8, 4) is 0 Å². The van der Waals surface area contributed by atoms with E-state index in [4.69, 9.17) is 0 Å². The van der Waals surface area contributed by atoms with Crippen molar-refractivity contribution in [1.29, 1.82) is 0 Å². The van der Waals surface area contributed by atoms with Crippen LogP contribution in [0.1, 0.15) is 52.9 Å². The number of hydrogen-bond acceptors (Lipinski definition) is 2. The van der Waals surface area contributed by atoms with Crippen molar-refractivity contribution in [2.75, 3.05) is 20.1 Å². The van der Waals surface area contributed by atoms with E-state index in [2.05, 4.69) is 32.3 Å². The quantitative estimate of drug-likeness (QED) is 0.514. The van der Waals surface area contributed by atoms with Crippen LogP contribution in [0.4, 0.5) is 0 Å². The Kier molecular flexibility index (Phi) is 8.60. The third-order valence-corrected chi connectivity index (χ3v) is 5.46. The summed E-state index contributed by atoms with van der Waals surface area (Å²) in [4.78, 5) is 14.3. The summed E-state index contributed by atoms with van der Waals surface area (Å²) in [5, 5.41) is 3.70. The van der Waals surface area contributed by atoms with Crippen LogP contribution in [-0.4, -0.2) is 37.0 Å². The molecule has 4 unspecified atom stereocenters. The van der Waals surface area contributed by atoms with Crippen molar-refractivity contribution >= 4 is 5.91 Å². The first-order chi connectivity index (χ1) is 10.9. The molecule has 132 valence electrons. The van der Waals surface area contributed by atoms with Gasteiger partial charge in [0.2, 0.25) is 5.91 Å². The van der Waals surface area contributed by atoms with Crippen LogP contribution in [0.2, 0.25) is 0 Å². The molecule has 1 aliphatic rings. The van der Waals surface area contributed by atoms with E-state index in [-0.39, 0.29) is 11.8 Å². The lowest BCUT2D eigenvalue weighted by molar-refractivity contribution is -0.132. The lowest BCUT2D eigenvalue weighted by Crippen LogP contribution is -2.42. The molecule has 0 bridgehead atoms. The largest absolute Gasteiger partial charge is 0.345 e. The van der Waals surface area contributed by atoms with Crippen LogP contribution >= 0.6 is 0 Å². The van der Waals surface area contributed by atoms with Crippen molar-refractivity contribution in [3.63, 3.8) is 0 Å². The van der Waals surface area contributed by atoms with E-state index >= 15 is 0 Å². The van der Waals surface area contributed by atoms with E-state index in [1.54, 1.807) is 6.08 Å². The number of amides is 1. The summed E-state index contributed by atoms with van der Waals surface area (Å²) in [5.41, 5.74) is 0.921. The maximum absolute atomic E-state index is 12.5. The Morgan fingerprint density at radius 2 is 2.09 bits per heavy atom. The second-order valence-electron chi connectivity index (χ2n) is 7.36. The van der Waals surface area contributed by atoms with Crippen LogP contribution in [0.15, 0.2) is 24.8 Å².